The molecule has 1 aromatic heterocycles. The first kappa shape index (κ1) is 16.7. The molecule has 1 unspecified atom stereocenters. The lowest BCUT2D eigenvalue weighted by Gasteiger charge is -2.37. The predicted molar refractivity (Wildman–Crippen MR) is 107 cm³/mol. The third kappa shape index (κ3) is 2.88. The van der Waals surface area contributed by atoms with Crippen LogP contribution >= 0.6 is 0 Å². The van der Waals surface area contributed by atoms with Gasteiger partial charge in [0.1, 0.15) is 0 Å². The molecule has 1 N–H and O–H groups in total. The number of para-hydroxylation sites is 1. The number of hydrogen-bond acceptors (Lipinski definition) is 3. The van der Waals surface area contributed by atoms with E-state index in [1.807, 2.05) is 0 Å². The summed E-state index contributed by atoms with van der Waals surface area (Å²) in [5.74, 6) is 2.52. The molecule has 0 spiro atoms. The number of H-pyrrole nitrogens is 1. The summed E-state index contributed by atoms with van der Waals surface area (Å²) < 4.78 is 11.2. The van der Waals surface area contributed by atoms with E-state index < -0.39 is 0 Å². The van der Waals surface area contributed by atoms with E-state index in [0.717, 1.165) is 30.5 Å². The van der Waals surface area contributed by atoms with E-state index in [-0.39, 0.29) is 6.04 Å². The highest BCUT2D eigenvalue weighted by Crippen LogP contribution is 2.41. The normalized spacial score (nSPS) is 18.9. The highest BCUT2D eigenvalue weighted by molar-refractivity contribution is 5.85. The number of likely N-dealkylation sites (tertiary alicyclic amines) is 1. The first-order valence-corrected chi connectivity index (χ1v) is 9.91. The lowest BCUT2D eigenvalue weighted by atomic mass is 9.90. The second-order valence-electron chi connectivity index (χ2n) is 7.94. The molecule has 1 saturated heterocycles. The van der Waals surface area contributed by atoms with Gasteiger partial charge in [-0.05, 0) is 62.5 Å². The van der Waals surface area contributed by atoms with Crippen molar-refractivity contribution in [1.82, 2.24) is 9.88 Å². The predicted octanol–water partition coefficient (Wildman–Crippen LogP) is 5.03. The van der Waals surface area contributed by atoms with Gasteiger partial charge in [0, 0.05) is 22.2 Å². The fourth-order valence-corrected chi connectivity index (χ4v) is 4.58. The van der Waals surface area contributed by atoms with E-state index in [0.29, 0.717) is 6.79 Å². The molecule has 0 bridgehead atoms. The zero-order valence-electron chi connectivity index (χ0n) is 16.0. The highest BCUT2D eigenvalue weighted by Gasteiger charge is 2.30. The van der Waals surface area contributed by atoms with Crippen LogP contribution in [0.25, 0.3) is 10.9 Å². The molecule has 1 fully saturated rings. The average Bonchev–Trinajstić information content (AvgIpc) is 3.27. The van der Waals surface area contributed by atoms with Crippen LogP contribution in [-0.4, -0.2) is 29.8 Å². The standard InChI is InChI=1S/C23H26N2O2/c1-15-9-11-25(12-10-15)23(17-7-8-20-21(13-17)27-14-26-20)22-16(2)24-19-6-4-3-5-18(19)22/h3-8,13,15,23-24H,9-12,14H2,1-2H3. The van der Waals surface area contributed by atoms with Crippen molar-refractivity contribution in [1.29, 1.82) is 0 Å². The number of hydrogen-bond donors (Lipinski definition) is 1. The molecule has 3 heterocycles. The molecule has 4 heteroatoms. The topological polar surface area (TPSA) is 37.5 Å². The van der Waals surface area contributed by atoms with Gasteiger partial charge in [-0.3, -0.25) is 4.90 Å². The largest absolute Gasteiger partial charge is 0.454 e. The number of aromatic amines is 1. The number of fused-ring (bicyclic) bond motifs is 2. The van der Waals surface area contributed by atoms with E-state index >= 15 is 0 Å². The maximum atomic E-state index is 5.68. The molecule has 1 atom stereocenters. The van der Waals surface area contributed by atoms with Crippen LogP contribution < -0.4 is 9.47 Å². The SMILES string of the molecule is Cc1[nH]c2ccccc2c1C(c1ccc2c(c1)OCO2)N1CCC(C)CC1. The van der Waals surface area contributed by atoms with E-state index in [1.54, 1.807) is 0 Å². The van der Waals surface area contributed by atoms with Gasteiger partial charge in [-0.1, -0.05) is 31.2 Å². The van der Waals surface area contributed by atoms with Gasteiger partial charge in [0.25, 0.3) is 0 Å². The van der Waals surface area contributed by atoms with E-state index in [1.165, 1.54) is 40.6 Å². The quantitative estimate of drug-likeness (QED) is 0.710. The maximum absolute atomic E-state index is 5.68. The number of rotatable bonds is 3. The molecule has 0 aliphatic carbocycles. The third-order valence-corrected chi connectivity index (χ3v) is 6.11. The Bertz CT molecular complexity index is 970. The highest BCUT2D eigenvalue weighted by atomic mass is 16.7. The van der Waals surface area contributed by atoms with Crippen molar-refractivity contribution in [2.24, 2.45) is 5.92 Å². The van der Waals surface area contributed by atoms with Gasteiger partial charge in [-0.25, -0.2) is 0 Å². The summed E-state index contributed by atoms with van der Waals surface area (Å²) in [6, 6.07) is 15.3. The second kappa shape index (κ2) is 6.61. The minimum Gasteiger partial charge on any atom is -0.454 e. The smallest absolute Gasteiger partial charge is 0.231 e. The molecule has 27 heavy (non-hydrogen) atoms. The zero-order chi connectivity index (χ0) is 18.4. The molecule has 2 aliphatic rings. The van der Waals surface area contributed by atoms with Gasteiger partial charge >= 0.3 is 0 Å². The van der Waals surface area contributed by atoms with Gasteiger partial charge in [-0.15, -0.1) is 0 Å². The fourth-order valence-electron chi connectivity index (χ4n) is 4.58. The van der Waals surface area contributed by atoms with E-state index in [9.17, 15) is 0 Å². The Morgan fingerprint density at radius 2 is 1.81 bits per heavy atom. The van der Waals surface area contributed by atoms with E-state index in [4.69, 9.17) is 9.47 Å². The van der Waals surface area contributed by atoms with Crippen LogP contribution in [0.15, 0.2) is 42.5 Å². The summed E-state index contributed by atoms with van der Waals surface area (Å²) in [6.07, 6.45) is 2.50. The molecular weight excluding hydrogens is 336 g/mol. The van der Waals surface area contributed by atoms with Crippen molar-refractivity contribution in [3.63, 3.8) is 0 Å². The molecular formula is C23H26N2O2. The van der Waals surface area contributed by atoms with Crippen LogP contribution in [0.4, 0.5) is 0 Å². The molecule has 0 amide bonds. The number of aromatic nitrogens is 1. The molecule has 2 aromatic carbocycles. The molecule has 0 radical (unpaired) electrons. The van der Waals surface area contributed by atoms with Crippen LogP contribution in [0.2, 0.25) is 0 Å². The second-order valence-corrected chi connectivity index (χ2v) is 7.94. The van der Waals surface area contributed by atoms with Gasteiger partial charge in [-0.2, -0.15) is 0 Å². The van der Waals surface area contributed by atoms with Crippen molar-refractivity contribution < 1.29 is 9.47 Å². The Balaban J connectivity index is 1.65. The summed E-state index contributed by atoms with van der Waals surface area (Å²) in [5, 5.41) is 1.32. The summed E-state index contributed by atoms with van der Waals surface area (Å²) in [7, 11) is 0. The number of aryl methyl sites for hydroxylation is 1. The van der Waals surface area contributed by atoms with Crippen molar-refractivity contribution >= 4 is 10.9 Å². The van der Waals surface area contributed by atoms with Gasteiger partial charge in [0.2, 0.25) is 6.79 Å². The Morgan fingerprint density at radius 1 is 1.04 bits per heavy atom. The summed E-state index contributed by atoms with van der Waals surface area (Å²) in [5.41, 5.74) is 5.12. The number of piperidine rings is 1. The monoisotopic (exact) mass is 362 g/mol. The Labute approximate surface area is 160 Å². The molecule has 140 valence electrons. The van der Waals surface area contributed by atoms with Gasteiger partial charge in [0.15, 0.2) is 11.5 Å². The van der Waals surface area contributed by atoms with Crippen molar-refractivity contribution in [3.8, 4) is 11.5 Å². The lowest BCUT2D eigenvalue weighted by molar-refractivity contribution is 0.157. The Kier molecular flexibility index (Phi) is 4.09. The number of ether oxygens (including phenoxy) is 2. The minimum atomic E-state index is 0.225. The summed E-state index contributed by atoms with van der Waals surface area (Å²) in [6.45, 7) is 7.13. The zero-order valence-corrected chi connectivity index (χ0v) is 16.0. The van der Waals surface area contributed by atoms with Crippen molar-refractivity contribution in [3.05, 3.63) is 59.3 Å². The van der Waals surface area contributed by atoms with Crippen LogP contribution in [0.5, 0.6) is 11.5 Å². The van der Waals surface area contributed by atoms with Crippen LogP contribution in [-0.2, 0) is 0 Å². The fraction of sp³-hybridized carbons (Fsp3) is 0.391. The number of nitrogens with one attached hydrogen (secondary N) is 1. The molecule has 4 nitrogen and oxygen atoms in total. The Morgan fingerprint density at radius 3 is 2.67 bits per heavy atom. The summed E-state index contributed by atoms with van der Waals surface area (Å²) >= 11 is 0. The molecule has 5 rings (SSSR count). The van der Waals surface area contributed by atoms with E-state index in [2.05, 4.69) is 66.2 Å². The molecule has 3 aromatic rings. The minimum absolute atomic E-state index is 0.225. The Hall–Kier alpha value is -2.46. The first-order chi connectivity index (χ1) is 13.2. The van der Waals surface area contributed by atoms with Crippen molar-refractivity contribution in [2.45, 2.75) is 32.7 Å². The summed E-state index contributed by atoms with van der Waals surface area (Å²) in [4.78, 5) is 6.23. The third-order valence-electron chi connectivity index (χ3n) is 6.11. The average molecular weight is 362 g/mol. The lowest BCUT2D eigenvalue weighted by Crippen LogP contribution is -2.37. The first-order valence-electron chi connectivity index (χ1n) is 9.91. The van der Waals surface area contributed by atoms with Crippen molar-refractivity contribution in [2.75, 3.05) is 19.9 Å². The van der Waals surface area contributed by atoms with Crippen LogP contribution in [0, 0.1) is 12.8 Å². The maximum Gasteiger partial charge on any atom is 0.231 e. The van der Waals surface area contributed by atoms with Gasteiger partial charge < -0.3 is 14.5 Å². The molecule has 2 aliphatic heterocycles. The number of benzene rings is 2. The number of nitrogens with zero attached hydrogens (tertiary/aromatic N) is 1. The van der Waals surface area contributed by atoms with Gasteiger partial charge in [0.05, 0.1) is 6.04 Å². The van der Waals surface area contributed by atoms with Crippen LogP contribution in [0.1, 0.15) is 42.6 Å². The molecule has 0 saturated carbocycles. The van der Waals surface area contributed by atoms with Crippen LogP contribution in [0.3, 0.4) is 0 Å².